The summed E-state index contributed by atoms with van der Waals surface area (Å²) in [5.41, 5.74) is 7.36. The first-order chi connectivity index (χ1) is 8.15. The summed E-state index contributed by atoms with van der Waals surface area (Å²) in [4.78, 5) is 4.66. The van der Waals surface area contributed by atoms with Crippen molar-refractivity contribution < 1.29 is 8.74 Å². The molecule has 0 saturated carbocycles. The van der Waals surface area contributed by atoms with Gasteiger partial charge in [0, 0.05) is 41.3 Å². The average Bonchev–Trinajstić information content (AvgIpc) is 2.32. The molecular weight excluding hydrogens is 256 g/mol. The van der Waals surface area contributed by atoms with Gasteiger partial charge in [-0.05, 0) is 25.9 Å². The Morgan fingerprint density at radius 2 is 2.29 bits per heavy atom. The van der Waals surface area contributed by atoms with Crippen molar-refractivity contribution in [1.82, 2.24) is 0 Å². The van der Waals surface area contributed by atoms with Crippen molar-refractivity contribution in [1.29, 1.82) is 0 Å². The maximum absolute atomic E-state index is 10.0. The lowest BCUT2D eigenvalue weighted by Gasteiger charge is -2.12. The van der Waals surface area contributed by atoms with Gasteiger partial charge in [-0.3, -0.25) is 4.99 Å². The summed E-state index contributed by atoms with van der Waals surface area (Å²) in [6.07, 6.45) is 3.46. The van der Waals surface area contributed by atoms with Crippen molar-refractivity contribution in [3.8, 4) is 5.75 Å². The second-order valence-electron chi connectivity index (χ2n) is 3.17. The summed E-state index contributed by atoms with van der Waals surface area (Å²) in [5, 5.41) is 10.0. The number of thiol groups is 1. The van der Waals surface area contributed by atoms with Gasteiger partial charge in [0.1, 0.15) is 5.75 Å². The molecule has 0 aliphatic rings. The van der Waals surface area contributed by atoms with E-state index in [1.165, 1.54) is 0 Å². The minimum atomic E-state index is 0.0217. The molecule has 0 radical (unpaired) electrons. The van der Waals surface area contributed by atoms with E-state index in [1.54, 1.807) is 25.4 Å². The third-order valence-corrected chi connectivity index (χ3v) is 3.06. The van der Waals surface area contributed by atoms with Gasteiger partial charge >= 0.3 is 0 Å². The minimum Gasteiger partial charge on any atom is -0.505 e. The van der Waals surface area contributed by atoms with Crippen molar-refractivity contribution in [2.24, 2.45) is 4.99 Å². The van der Waals surface area contributed by atoms with E-state index in [0.29, 0.717) is 11.3 Å². The van der Waals surface area contributed by atoms with Gasteiger partial charge in [-0.1, -0.05) is 12.1 Å². The highest BCUT2D eigenvalue weighted by atomic mass is 32.2. The number of anilines is 1. The molecule has 0 aromatic heterocycles. The van der Waals surface area contributed by atoms with Crippen molar-refractivity contribution in [3.05, 3.63) is 29.3 Å². The Morgan fingerprint density at radius 1 is 1.59 bits per heavy atom. The molecule has 17 heavy (non-hydrogen) atoms. The number of hydrogen-bond donors (Lipinski definition) is 3. The molecule has 0 spiro atoms. The second kappa shape index (κ2) is 6.58. The number of rotatable bonds is 4. The number of nitrogen functional groups attached to an aromatic ring is 1. The quantitative estimate of drug-likeness (QED) is 0.259. The average molecular weight is 270 g/mol. The molecule has 1 aromatic rings. The van der Waals surface area contributed by atoms with E-state index >= 15 is 0 Å². The lowest BCUT2D eigenvalue weighted by atomic mass is 10.0. The maximum atomic E-state index is 10.0. The van der Waals surface area contributed by atoms with Gasteiger partial charge in [0.2, 0.25) is 0 Å². The lowest BCUT2D eigenvalue weighted by Crippen LogP contribution is -1.96. The molecule has 1 aromatic carbocycles. The van der Waals surface area contributed by atoms with Crippen LogP contribution >= 0.6 is 25.0 Å². The number of hydrogen-bond acceptors (Lipinski definition) is 6. The van der Waals surface area contributed by atoms with Crippen LogP contribution in [0.4, 0.5) is 5.69 Å². The van der Waals surface area contributed by atoms with Crippen LogP contribution in [-0.4, -0.2) is 18.4 Å². The Kier molecular flexibility index (Phi) is 5.40. The molecule has 0 saturated heterocycles. The third-order valence-electron chi connectivity index (χ3n) is 2.15. The Morgan fingerprint density at radius 3 is 2.82 bits per heavy atom. The summed E-state index contributed by atoms with van der Waals surface area (Å²) in [6, 6.07) is 3.43. The van der Waals surface area contributed by atoms with Crippen LogP contribution in [0.2, 0.25) is 0 Å². The highest BCUT2D eigenvalue weighted by Gasteiger charge is 2.15. The Balaban J connectivity index is 3.41. The largest absolute Gasteiger partial charge is 0.505 e. The van der Waals surface area contributed by atoms with Gasteiger partial charge in [0.15, 0.2) is 0 Å². The number of aromatic hydroxyl groups is 1. The number of allylic oxidation sites excluding steroid dienone is 1. The molecule has 0 heterocycles. The molecule has 0 unspecified atom stereocenters. The van der Waals surface area contributed by atoms with E-state index in [2.05, 4.69) is 17.9 Å². The molecular formula is C11H14N2O2S2. The Hall–Kier alpha value is -1.11. The predicted molar refractivity (Wildman–Crippen MR) is 77.4 cm³/mol. The van der Waals surface area contributed by atoms with Gasteiger partial charge in [-0.2, -0.15) is 0 Å². The third kappa shape index (κ3) is 3.18. The van der Waals surface area contributed by atoms with Crippen LogP contribution in [-0.2, 0) is 3.63 Å². The smallest absolute Gasteiger partial charge is 0.147 e. The van der Waals surface area contributed by atoms with E-state index in [0.717, 1.165) is 22.5 Å². The normalized spacial score (nSPS) is 12.3. The molecule has 0 amide bonds. The number of nitrogens with two attached hydrogens (primary N) is 1. The van der Waals surface area contributed by atoms with Gasteiger partial charge in [-0.25, -0.2) is 3.63 Å². The molecule has 1 rings (SSSR count). The zero-order valence-electron chi connectivity index (χ0n) is 9.54. The van der Waals surface area contributed by atoms with Crippen LogP contribution in [0.1, 0.15) is 18.1 Å². The molecule has 6 heteroatoms. The summed E-state index contributed by atoms with van der Waals surface area (Å²) in [5.74, 6) is 0.0217. The van der Waals surface area contributed by atoms with Crippen LogP contribution in [0.5, 0.6) is 5.75 Å². The number of phenols is 1. The van der Waals surface area contributed by atoms with Crippen molar-refractivity contribution in [2.45, 2.75) is 6.92 Å². The molecule has 0 aliphatic carbocycles. The zero-order valence-corrected chi connectivity index (χ0v) is 11.3. The number of phenolic OH excluding ortho intramolecular Hbond substituents is 1. The molecule has 0 atom stereocenters. The van der Waals surface area contributed by atoms with Crippen molar-refractivity contribution in [3.63, 3.8) is 0 Å². The first-order valence-corrected chi connectivity index (χ1v) is 5.94. The molecule has 3 N–H and O–H groups in total. The SMILES string of the molecule is C/C=C(/SOS)c1c(C=NC)ccc(N)c1O. The summed E-state index contributed by atoms with van der Waals surface area (Å²) in [7, 11) is 1.66. The second-order valence-corrected chi connectivity index (χ2v) is 4.37. The van der Waals surface area contributed by atoms with E-state index in [4.69, 9.17) is 9.36 Å². The fourth-order valence-electron chi connectivity index (χ4n) is 1.40. The highest BCUT2D eigenvalue weighted by Crippen LogP contribution is 2.39. The monoisotopic (exact) mass is 270 g/mol. The van der Waals surface area contributed by atoms with E-state index in [-0.39, 0.29) is 5.75 Å². The van der Waals surface area contributed by atoms with Gasteiger partial charge < -0.3 is 10.8 Å². The summed E-state index contributed by atoms with van der Waals surface area (Å²) < 4.78 is 4.72. The Bertz CT molecular complexity index is 459. The first-order valence-electron chi connectivity index (χ1n) is 4.84. The van der Waals surface area contributed by atoms with Crippen LogP contribution in [0.25, 0.3) is 4.91 Å². The van der Waals surface area contributed by atoms with Gasteiger partial charge in [0.05, 0.1) is 5.69 Å². The minimum absolute atomic E-state index is 0.0217. The number of aliphatic imine (C=N–C) groups is 1. The van der Waals surface area contributed by atoms with Crippen molar-refractivity contribution in [2.75, 3.05) is 12.8 Å². The number of benzene rings is 1. The zero-order chi connectivity index (χ0) is 12.8. The fourth-order valence-corrected chi connectivity index (χ4v) is 2.12. The summed E-state index contributed by atoms with van der Waals surface area (Å²) >= 11 is 4.73. The van der Waals surface area contributed by atoms with E-state index in [1.807, 2.05) is 13.0 Å². The van der Waals surface area contributed by atoms with Crippen LogP contribution in [0, 0.1) is 0 Å². The summed E-state index contributed by atoms with van der Waals surface area (Å²) in [6.45, 7) is 1.84. The predicted octanol–water partition coefficient (Wildman–Crippen LogP) is 2.89. The topological polar surface area (TPSA) is 67.8 Å². The molecule has 4 nitrogen and oxygen atoms in total. The molecule has 0 bridgehead atoms. The van der Waals surface area contributed by atoms with Crippen LogP contribution in [0.15, 0.2) is 23.2 Å². The molecule has 0 fully saturated rings. The molecule has 0 aliphatic heterocycles. The first kappa shape index (κ1) is 14.0. The fraction of sp³-hybridized carbons (Fsp3) is 0.182. The van der Waals surface area contributed by atoms with Crippen LogP contribution < -0.4 is 5.73 Å². The van der Waals surface area contributed by atoms with E-state index < -0.39 is 0 Å². The maximum Gasteiger partial charge on any atom is 0.147 e. The van der Waals surface area contributed by atoms with Gasteiger partial charge in [0.25, 0.3) is 0 Å². The lowest BCUT2D eigenvalue weighted by molar-refractivity contribution is 0.476. The Labute approximate surface area is 110 Å². The van der Waals surface area contributed by atoms with E-state index in [9.17, 15) is 5.11 Å². The van der Waals surface area contributed by atoms with Gasteiger partial charge in [-0.15, -0.1) is 0 Å². The highest BCUT2D eigenvalue weighted by molar-refractivity contribution is 8.09. The van der Waals surface area contributed by atoms with Crippen LogP contribution in [0.3, 0.4) is 0 Å². The number of nitrogens with zero attached hydrogens (tertiary/aromatic N) is 1. The van der Waals surface area contributed by atoms with Crippen molar-refractivity contribution >= 4 is 41.8 Å². The molecule has 92 valence electrons. The standard InChI is InChI=1S/C11H14N2O2S2/c1-3-9(17-15-16)10-7(6-13-2)4-5-8(12)11(10)14/h3-6,14,16H,12H2,1-2H3/b9-3+,13-6?.